The Balaban J connectivity index is 0.000000106. The lowest BCUT2D eigenvalue weighted by Crippen LogP contribution is -2.25. The zero-order valence-corrected chi connectivity index (χ0v) is 80.0. The van der Waals surface area contributed by atoms with Crippen LogP contribution >= 0.6 is 0 Å². The van der Waals surface area contributed by atoms with E-state index < -0.39 is 16.2 Å². The lowest BCUT2D eigenvalue weighted by Gasteiger charge is -2.30. The molecule has 150 heavy (non-hydrogen) atoms. The van der Waals surface area contributed by atoms with Crippen molar-refractivity contribution in [3.63, 3.8) is 0 Å². The first kappa shape index (κ1) is 86.0. The van der Waals surface area contributed by atoms with Crippen LogP contribution in [0.15, 0.2) is 475 Å². The highest BCUT2D eigenvalue weighted by Crippen LogP contribution is 2.69. The summed E-state index contributed by atoms with van der Waals surface area (Å²) in [6, 6.07) is 160. The van der Waals surface area contributed by atoms with Gasteiger partial charge >= 0.3 is 0 Å². The molecule has 3 atom stereocenters. The smallest absolute Gasteiger partial charge is 0.164 e. The molecule has 0 amide bonds. The van der Waals surface area contributed by atoms with Crippen LogP contribution in [0.2, 0.25) is 0 Å². The van der Waals surface area contributed by atoms with Crippen LogP contribution < -0.4 is 0 Å². The van der Waals surface area contributed by atoms with E-state index in [1.165, 1.54) is 77.9 Å². The minimum Gasteiger partial charge on any atom is -0.464 e. The second kappa shape index (κ2) is 34.0. The second-order valence-corrected chi connectivity index (χ2v) is 38.3. The largest absolute Gasteiger partial charge is 0.464 e. The van der Waals surface area contributed by atoms with Crippen molar-refractivity contribution in [3.8, 4) is 199 Å². The van der Waals surface area contributed by atoms with Crippen LogP contribution in [0, 0.1) is 34.0 Å². The zero-order valence-electron chi connectivity index (χ0n) is 80.0. The third kappa shape index (κ3) is 12.7. The summed E-state index contributed by atoms with van der Waals surface area (Å²) in [4.78, 5) is 45.5. The standard InChI is InChI=1S/C49H28N4O.2C43H24N4O/c50-28-30-19-21-31(22-20-30)38-29-54-43-26-25-41-44(45(38)43)37-16-8-10-18-40(37)49(41)39-17-9-7-15-35(39)36-24-23-34(27-42(36)49)48-52-46(32-11-3-1-4-12-32)51-47(53-48)33-13-5-2-6-14-33;44-24-28-25-48-36-23-22-35-39(37(28)36)30-17-8-10-20-33(30)43(35)32-19-9-7-16-29(32)38-31(18-11-21-34(38)43)42-46-40(26-12-3-1-4-13-26)45-41(47-42)27-14-5-2-6-15-27;44-24-29-25-48-37-22-21-35-39(38(29)37)32-16-8-10-18-34(32)43(35)33-17-9-7-15-30(33)31-20-19-28(23-36(31)43)42-46-40(26-11-3-1-4-12-26)45-41(47-42)27-13-5-2-6-14-27/h1-27,29H;2*1-23,25H. The van der Waals surface area contributed by atoms with Gasteiger partial charge < -0.3 is 13.3 Å². The van der Waals surface area contributed by atoms with Crippen LogP contribution in [0.4, 0.5) is 0 Å². The van der Waals surface area contributed by atoms with E-state index in [1.807, 2.05) is 225 Å². The Bertz CT molecular complexity index is 9770. The molecule has 6 aromatic heterocycles. The Morgan fingerprint density at radius 3 is 0.767 bits per heavy atom. The molecule has 0 N–H and O–H groups in total. The summed E-state index contributed by atoms with van der Waals surface area (Å²) in [5.41, 5.74) is 40.5. The van der Waals surface area contributed by atoms with Gasteiger partial charge in [-0.3, -0.25) is 0 Å². The molecule has 15 nitrogen and oxygen atoms in total. The third-order valence-electron chi connectivity index (χ3n) is 30.8. The highest BCUT2D eigenvalue weighted by atomic mass is 16.3. The molecule has 0 saturated heterocycles. The molecule has 6 heterocycles. The highest BCUT2D eigenvalue weighted by Gasteiger charge is 2.57. The van der Waals surface area contributed by atoms with Crippen LogP contribution in [0.5, 0.6) is 0 Å². The van der Waals surface area contributed by atoms with Crippen LogP contribution in [-0.4, -0.2) is 44.9 Å². The monoisotopic (exact) mass is 1910 g/mol. The molecule has 0 radical (unpaired) electrons. The summed E-state index contributed by atoms with van der Waals surface area (Å²) in [5, 5.41) is 32.5. The van der Waals surface area contributed by atoms with E-state index in [0.29, 0.717) is 80.3 Å². The molecule has 31 rings (SSSR count). The average molecular weight is 1910 g/mol. The number of fused-ring (bicyclic) bond motifs is 36. The molecule has 0 aliphatic heterocycles. The predicted molar refractivity (Wildman–Crippen MR) is 586 cm³/mol. The summed E-state index contributed by atoms with van der Waals surface area (Å²) in [6.07, 6.45) is 5.00. The number of nitriles is 3. The molecule has 0 bridgehead atoms. The fraction of sp³-hybridized carbons (Fsp3) is 0.0222. The van der Waals surface area contributed by atoms with Crippen molar-refractivity contribution in [2.24, 2.45) is 0 Å². The van der Waals surface area contributed by atoms with Crippen molar-refractivity contribution in [1.82, 2.24) is 44.9 Å². The van der Waals surface area contributed by atoms with Crippen molar-refractivity contribution in [1.29, 1.82) is 15.8 Å². The first-order valence-corrected chi connectivity index (χ1v) is 49.8. The predicted octanol–water partition coefficient (Wildman–Crippen LogP) is 31.2. The first-order valence-electron chi connectivity index (χ1n) is 49.8. The van der Waals surface area contributed by atoms with Gasteiger partial charge in [-0.05, 0) is 182 Å². The van der Waals surface area contributed by atoms with Gasteiger partial charge in [0.1, 0.15) is 41.4 Å². The molecule has 3 spiro atoms. The molecule has 6 aliphatic carbocycles. The van der Waals surface area contributed by atoms with Gasteiger partial charge in [-0.1, -0.05) is 400 Å². The molecule has 6 aliphatic rings. The fourth-order valence-electron chi connectivity index (χ4n) is 24.7. The molecule has 25 aromatic rings. The lowest BCUT2D eigenvalue weighted by atomic mass is 9.70. The van der Waals surface area contributed by atoms with E-state index in [9.17, 15) is 15.8 Å². The number of nitrogens with zero attached hydrogens (tertiary/aromatic N) is 12. The maximum atomic E-state index is 10.1. The molecule has 0 fully saturated rings. The topological polar surface area (TPSA) is 227 Å². The van der Waals surface area contributed by atoms with Gasteiger partial charge in [0.15, 0.2) is 52.4 Å². The fourth-order valence-corrected chi connectivity index (χ4v) is 24.7. The Kier molecular flexibility index (Phi) is 19.5. The number of hydrogen-bond donors (Lipinski definition) is 0. The lowest BCUT2D eigenvalue weighted by molar-refractivity contribution is 0.614. The number of rotatable bonds is 10. The quantitative estimate of drug-likeness (QED) is 0.124. The normalized spacial score (nSPS) is 15.0. The molecular formula is C135H76N12O3. The van der Waals surface area contributed by atoms with Crippen LogP contribution in [-0.2, 0) is 16.2 Å². The van der Waals surface area contributed by atoms with Crippen molar-refractivity contribution in [2.75, 3.05) is 0 Å². The minimum atomic E-state index is -0.608. The molecule has 3 unspecified atom stereocenters. The number of hydrogen-bond acceptors (Lipinski definition) is 15. The van der Waals surface area contributed by atoms with Crippen molar-refractivity contribution >= 4 is 32.9 Å². The van der Waals surface area contributed by atoms with Gasteiger partial charge in [0.25, 0.3) is 0 Å². The van der Waals surface area contributed by atoms with E-state index in [-0.39, 0.29) is 0 Å². The van der Waals surface area contributed by atoms with E-state index in [1.54, 1.807) is 12.5 Å². The van der Waals surface area contributed by atoms with Gasteiger partial charge in [0.05, 0.1) is 45.3 Å². The Morgan fingerprint density at radius 2 is 0.420 bits per heavy atom. The average Bonchev–Trinajstić information content (AvgIpc) is 1.51. The van der Waals surface area contributed by atoms with Gasteiger partial charge in [0, 0.05) is 71.8 Å². The minimum absolute atomic E-state index is 0.543. The maximum Gasteiger partial charge on any atom is 0.164 e. The van der Waals surface area contributed by atoms with Crippen LogP contribution in [0.3, 0.4) is 0 Å². The van der Waals surface area contributed by atoms with Crippen molar-refractivity contribution in [3.05, 3.63) is 545 Å². The zero-order chi connectivity index (χ0) is 99.4. The molecule has 0 saturated carbocycles. The first-order chi connectivity index (χ1) is 74.2. The van der Waals surface area contributed by atoms with Crippen LogP contribution in [0.25, 0.3) is 213 Å². The van der Waals surface area contributed by atoms with Crippen molar-refractivity contribution < 1.29 is 13.3 Å². The van der Waals surface area contributed by atoms with E-state index in [4.69, 9.17) is 58.1 Å². The third-order valence-corrected chi connectivity index (χ3v) is 30.8. The summed E-state index contributed by atoms with van der Waals surface area (Å²) in [7, 11) is 0. The van der Waals surface area contributed by atoms with E-state index >= 15 is 0 Å². The second-order valence-electron chi connectivity index (χ2n) is 38.3. The van der Waals surface area contributed by atoms with Gasteiger partial charge in [-0.15, -0.1) is 0 Å². The Morgan fingerprint density at radius 1 is 0.167 bits per heavy atom. The van der Waals surface area contributed by atoms with Gasteiger partial charge in [-0.2, -0.15) is 15.8 Å². The summed E-state index contributed by atoms with van der Waals surface area (Å²) < 4.78 is 18.1. The summed E-state index contributed by atoms with van der Waals surface area (Å²) in [6.45, 7) is 0. The van der Waals surface area contributed by atoms with E-state index in [2.05, 4.69) is 243 Å². The Hall–Kier alpha value is -20.7. The number of aromatic nitrogens is 9. The molecule has 15 heteroatoms. The SMILES string of the molecule is N#Cc1ccc(-c2coc3ccc4c(c23)-c2ccccc2C42c3ccccc3-c3ccc(-c4nc(-c5ccccc5)nc(-c5ccccc5)n4)cc32)cc1.N#Cc1coc2ccc3c(c12)-c1ccccc1C31c2ccccc2-c2c(-c3nc(-c4ccccc4)nc(-c4ccccc4)n3)cccc21.N#Cc1coc2ccc3c(c12)-c1ccccc1C31c2ccccc2-c2ccc(-c3nc(-c4ccccc4)nc(-c4ccccc4)n3)cc21. The number of furan rings is 3. The van der Waals surface area contributed by atoms with Crippen LogP contribution in [0.1, 0.15) is 83.5 Å². The summed E-state index contributed by atoms with van der Waals surface area (Å²) in [5.74, 6) is 5.62. The summed E-state index contributed by atoms with van der Waals surface area (Å²) >= 11 is 0. The Labute approximate surface area is 860 Å². The molecule has 694 valence electrons. The maximum absolute atomic E-state index is 10.1. The van der Waals surface area contributed by atoms with Gasteiger partial charge in [-0.25, -0.2) is 44.9 Å². The molecular weight excluding hydrogens is 1840 g/mol. The van der Waals surface area contributed by atoms with Gasteiger partial charge in [0.2, 0.25) is 0 Å². The highest BCUT2D eigenvalue weighted by molar-refractivity contribution is 6.13. The molecule has 19 aromatic carbocycles. The van der Waals surface area contributed by atoms with E-state index in [0.717, 1.165) is 139 Å². The number of benzene rings is 19. The van der Waals surface area contributed by atoms with Crippen molar-refractivity contribution in [2.45, 2.75) is 16.2 Å².